The van der Waals surface area contributed by atoms with Crippen molar-refractivity contribution in [3.05, 3.63) is 65.2 Å². The normalized spacial score (nSPS) is 15.1. The van der Waals surface area contributed by atoms with Crippen LogP contribution in [0.25, 0.3) is 0 Å². The Balaban J connectivity index is 1.64. The molecule has 138 valence electrons. The van der Waals surface area contributed by atoms with Crippen LogP contribution in [-0.2, 0) is 17.3 Å². The SMILES string of the molecule is O=C(CCc1ccccc1C(F)(F)F)c1ccc(N2CCOCC2)cc1. The Labute approximate surface area is 150 Å². The van der Waals surface area contributed by atoms with Crippen molar-refractivity contribution >= 4 is 11.5 Å². The van der Waals surface area contributed by atoms with Crippen LogP contribution in [0, 0.1) is 0 Å². The maximum Gasteiger partial charge on any atom is 0.416 e. The fraction of sp³-hybridized carbons (Fsp3) is 0.350. The van der Waals surface area contributed by atoms with Gasteiger partial charge in [0.1, 0.15) is 0 Å². The number of halogens is 3. The van der Waals surface area contributed by atoms with Gasteiger partial charge in [-0.1, -0.05) is 18.2 Å². The van der Waals surface area contributed by atoms with Gasteiger partial charge >= 0.3 is 6.18 Å². The molecule has 26 heavy (non-hydrogen) atoms. The lowest BCUT2D eigenvalue weighted by molar-refractivity contribution is -0.138. The van der Waals surface area contributed by atoms with Crippen LogP contribution in [0.3, 0.4) is 0 Å². The first kappa shape index (κ1) is 18.5. The van der Waals surface area contributed by atoms with Gasteiger partial charge < -0.3 is 9.64 Å². The highest BCUT2D eigenvalue weighted by Crippen LogP contribution is 2.32. The average molecular weight is 363 g/mol. The molecule has 0 atom stereocenters. The third kappa shape index (κ3) is 4.43. The van der Waals surface area contributed by atoms with E-state index in [4.69, 9.17) is 4.74 Å². The van der Waals surface area contributed by atoms with Gasteiger partial charge in [-0.2, -0.15) is 13.2 Å². The average Bonchev–Trinajstić information content (AvgIpc) is 2.66. The number of aryl methyl sites for hydroxylation is 1. The Bertz CT molecular complexity index is 750. The highest BCUT2D eigenvalue weighted by Gasteiger charge is 2.32. The molecule has 0 unspecified atom stereocenters. The van der Waals surface area contributed by atoms with E-state index in [0.717, 1.165) is 24.8 Å². The first-order chi connectivity index (χ1) is 12.4. The largest absolute Gasteiger partial charge is 0.416 e. The van der Waals surface area contributed by atoms with E-state index in [0.29, 0.717) is 18.8 Å². The zero-order valence-electron chi connectivity index (χ0n) is 14.3. The maximum atomic E-state index is 13.0. The molecular weight excluding hydrogens is 343 g/mol. The molecule has 3 rings (SSSR count). The van der Waals surface area contributed by atoms with Gasteiger partial charge in [0.2, 0.25) is 0 Å². The second kappa shape index (κ2) is 7.91. The second-order valence-electron chi connectivity index (χ2n) is 6.22. The quantitative estimate of drug-likeness (QED) is 0.740. The van der Waals surface area contributed by atoms with E-state index in [1.54, 1.807) is 18.2 Å². The van der Waals surface area contributed by atoms with Gasteiger partial charge in [-0.15, -0.1) is 0 Å². The van der Waals surface area contributed by atoms with E-state index in [1.807, 2.05) is 12.1 Å². The Hall–Kier alpha value is -2.34. The van der Waals surface area contributed by atoms with Crippen molar-refractivity contribution < 1.29 is 22.7 Å². The number of Topliss-reactive ketones (excluding diaryl/α,β-unsaturated/α-hetero) is 1. The minimum Gasteiger partial charge on any atom is -0.378 e. The third-order valence-corrected chi connectivity index (χ3v) is 4.51. The fourth-order valence-electron chi connectivity index (χ4n) is 3.09. The molecule has 1 saturated heterocycles. The smallest absolute Gasteiger partial charge is 0.378 e. The molecular formula is C20H20F3NO2. The molecule has 0 spiro atoms. The lowest BCUT2D eigenvalue weighted by atomic mass is 9.98. The zero-order chi connectivity index (χ0) is 18.6. The van der Waals surface area contributed by atoms with E-state index in [2.05, 4.69) is 4.90 Å². The summed E-state index contributed by atoms with van der Waals surface area (Å²) in [5, 5.41) is 0. The Morgan fingerprint density at radius 3 is 2.31 bits per heavy atom. The summed E-state index contributed by atoms with van der Waals surface area (Å²) in [4.78, 5) is 14.5. The number of alkyl halides is 3. The number of rotatable bonds is 5. The number of nitrogens with zero attached hydrogens (tertiary/aromatic N) is 1. The number of ketones is 1. The standard InChI is InChI=1S/C20H20F3NO2/c21-20(22,23)18-4-2-1-3-15(18)7-10-19(25)16-5-8-17(9-6-16)24-11-13-26-14-12-24/h1-6,8-9H,7,10-14H2. The summed E-state index contributed by atoms with van der Waals surface area (Å²) >= 11 is 0. The molecule has 0 radical (unpaired) electrons. The molecule has 6 heteroatoms. The van der Waals surface area contributed by atoms with Gasteiger partial charge in [-0.3, -0.25) is 4.79 Å². The molecule has 3 nitrogen and oxygen atoms in total. The molecule has 0 N–H and O–H groups in total. The van der Waals surface area contributed by atoms with E-state index < -0.39 is 11.7 Å². The Morgan fingerprint density at radius 2 is 1.65 bits per heavy atom. The van der Waals surface area contributed by atoms with Gasteiger partial charge in [0.15, 0.2) is 5.78 Å². The van der Waals surface area contributed by atoms with E-state index in [-0.39, 0.29) is 24.2 Å². The van der Waals surface area contributed by atoms with Crippen molar-refractivity contribution in [3.8, 4) is 0 Å². The van der Waals surface area contributed by atoms with Gasteiger partial charge in [0.25, 0.3) is 0 Å². The van der Waals surface area contributed by atoms with Gasteiger partial charge in [0.05, 0.1) is 18.8 Å². The molecule has 0 saturated carbocycles. The summed E-state index contributed by atoms with van der Waals surface area (Å²) in [7, 11) is 0. The summed E-state index contributed by atoms with van der Waals surface area (Å²) in [6.45, 7) is 2.97. The molecule has 1 aliphatic rings. The van der Waals surface area contributed by atoms with Crippen LogP contribution in [0.5, 0.6) is 0 Å². The summed E-state index contributed by atoms with van der Waals surface area (Å²) in [5.41, 5.74) is 1.02. The number of hydrogen-bond acceptors (Lipinski definition) is 3. The summed E-state index contributed by atoms with van der Waals surface area (Å²) in [6.07, 6.45) is -4.29. The Kier molecular flexibility index (Phi) is 5.61. The summed E-state index contributed by atoms with van der Waals surface area (Å²) in [6, 6.07) is 12.6. The predicted molar refractivity (Wildman–Crippen MR) is 93.6 cm³/mol. The van der Waals surface area contributed by atoms with Crippen molar-refractivity contribution in [1.82, 2.24) is 0 Å². The summed E-state index contributed by atoms with van der Waals surface area (Å²) < 4.78 is 44.4. The van der Waals surface area contributed by atoms with Gasteiger partial charge in [-0.25, -0.2) is 0 Å². The van der Waals surface area contributed by atoms with Crippen LogP contribution < -0.4 is 4.90 Å². The molecule has 1 heterocycles. The molecule has 0 aromatic heterocycles. The van der Waals surface area contributed by atoms with Crippen LogP contribution in [0.15, 0.2) is 48.5 Å². The van der Waals surface area contributed by atoms with Gasteiger partial charge in [0, 0.05) is 30.8 Å². The fourth-order valence-corrected chi connectivity index (χ4v) is 3.09. The highest BCUT2D eigenvalue weighted by molar-refractivity contribution is 5.96. The van der Waals surface area contributed by atoms with Crippen molar-refractivity contribution in [2.45, 2.75) is 19.0 Å². The monoisotopic (exact) mass is 363 g/mol. The van der Waals surface area contributed by atoms with Crippen molar-refractivity contribution in [2.24, 2.45) is 0 Å². The number of carbonyl (C=O) groups excluding carboxylic acids is 1. The van der Waals surface area contributed by atoms with Crippen LogP contribution in [-0.4, -0.2) is 32.1 Å². The van der Waals surface area contributed by atoms with Crippen LogP contribution in [0.1, 0.15) is 27.9 Å². The van der Waals surface area contributed by atoms with E-state index in [1.165, 1.54) is 12.1 Å². The lowest BCUT2D eigenvalue weighted by Gasteiger charge is -2.28. The molecule has 2 aromatic carbocycles. The Morgan fingerprint density at radius 1 is 1.00 bits per heavy atom. The molecule has 2 aromatic rings. The first-order valence-electron chi connectivity index (χ1n) is 8.56. The van der Waals surface area contributed by atoms with E-state index in [9.17, 15) is 18.0 Å². The first-order valence-corrected chi connectivity index (χ1v) is 8.56. The lowest BCUT2D eigenvalue weighted by Crippen LogP contribution is -2.36. The molecule has 1 aliphatic heterocycles. The highest BCUT2D eigenvalue weighted by atomic mass is 19.4. The minimum atomic E-state index is -4.40. The minimum absolute atomic E-state index is 0.0456. The second-order valence-corrected chi connectivity index (χ2v) is 6.22. The topological polar surface area (TPSA) is 29.5 Å². The van der Waals surface area contributed by atoms with Crippen LogP contribution in [0.4, 0.5) is 18.9 Å². The van der Waals surface area contributed by atoms with E-state index >= 15 is 0 Å². The zero-order valence-corrected chi connectivity index (χ0v) is 14.3. The van der Waals surface area contributed by atoms with Crippen LogP contribution >= 0.6 is 0 Å². The number of hydrogen-bond donors (Lipinski definition) is 0. The molecule has 0 bridgehead atoms. The third-order valence-electron chi connectivity index (χ3n) is 4.51. The molecule has 0 amide bonds. The summed E-state index contributed by atoms with van der Waals surface area (Å²) in [5.74, 6) is -0.157. The number of anilines is 1. The number of morpholine rings is 1. The number of carbonyl (C=O) groups is 1. The van der Waals surface area contributed by atoms with Crippen LogP contribution in [0.2, 0.25) is 0 Å². The maximum absolute atomic E-state index is 13.0. The van der Waals surface area contributed by atoms with Crippen molar-refractivity contribution in [2.75, 3.05) is 31.2 Å². The number of benzene rings is 2. The molecule has 1 fully saturated rings. The van der Waals surface area contributed by atoms with Gasteiger partial charge in [-0.05, 0) is 42.3 Å². The van der Waals surface area contributed by atoms with Crippen molar-refractivity contribution in [1.29, 1.82) is 0 Å². The number of ether oxygens (including phenoxy) is 1. The molecule has 0 aliphatic carbocycles. The predicted octanol–water partition coefficient (Wildman–Crippen LogP) is 4.36. The van der Waals surface area contributed by atoms with Crippen molar-refractivity contribution in [3.63, 3.8) is 0 Å².